The summed E-state index contributed by atoms with van der Waals surface area (Å²) in [5.74, 6) is -0.602. The number of halogens is 1. The van der Waals surface area contributed by atoms with Gasteiger partial charge in [0.15, 0.2) is 0 Å². The summed E-state index contributed by atoms with van der Waals surface area (Å²) < 4.78 is 17.3. The lowest BCUT2D eigenvalue weighted by molar-refractivity contribution is -0.137. The number of thioether (sulfide) groups is 1. The van der Waals surface area contributed by atoms with Crippen molar-refractivity contribution in [3.63, 3.8) is 0 Å². The van der Waals surface area contributed by atoms with Gasteiger partial charge in [0.1, 0.15) is 5.82 Å². The van der Waals surface area contributed by atoms with Crippen molar-refractivity contribution >= 4 is 23.4 Å². The van der Waals surface area contributed by atoms with E-state index in [1.807, 2.05) is 0 Å². The fourth-order valence-electron chi connectivity index (χ4n) is 0.869. The molecule has 76 valence electrons. The maximum atomic E-state index is 12.8. The van der Waals surface area contributed by atoms with Crippen LogP contribution in [-0.4, -0.2) is 18.8 Å². The van der Waals surface area contributed by atoms with Crippen LogP contribution in [0, 0.1) is 5.82 Å². The lowest BCUT2D eigenvalue weighted by Crippen LogP contribution is -2.02. The van der Waals surface area contributed by atoms with Gasteiger partial charge in [-0.3, -0.25) is 4.79 Å². The fourth-order valence-corrected chi connectivity index (χ4v) is 1.69. The Kier molecular flexibility index (Phi) is 3.76. The van der Waals surface area contributed by atoms with Crippen LogP contribution in [0.5, 0.6) is 0 Å². The molecule has 1 aromatic carbocycles. The van der Waals surface area contributed by atoms with Gasteiger partial charge in [0.2, 0.25) is 0 Å². The second-order valence-electron chi connectivity index (χ2n) is 2.59. The molecule has 0 saturated heterocycles. The van der Waals surface area contributed by atoms with Gasteiger partial charge >= 0.3 is 5.97 Å². The smallest absolute Gasteiger partial charge is 0.315 e. The molecule has 0 radical (unpaired) electrons. The molecule has 0 fully saturated rings. The monoisotopic (exact) mass is 215 g/mol. The van der Waals surface area contributed by atoms with E-state index in [0.29, 0.717) is 10.6 Å². The van der Waals surface area contributed by atoms with Crippen molar-refractivity contribution in [3.05, 3.63) is 24.0 Å². The highest BCUT2D eigenvalue weighted by Gasteiger charge is 2.03. The Morgan fingerprint density at radius 1 is 1.57 bits per heavy atom. The molecule has 0 amide bonds. The highest BCUT2D eigenvalue weighted by Crippen LogP contribution is 2.21. The molecule has 0 spiro atoms. The summed E-state index contributed by atoms with van der Waals surface area (Å²) in [4.78, 5) is 11.4. The molecule has 0 aliphatic rings. The average Bonchev–Trinajstić information content (AvgIpc) is 2.12. The molecule has 0 heterocycles. The van der Waals surface area contributed by atoms with Crippen LogP contribution >= 0.6 is 11.8 Å². The molecule has 1 aromatic rings. The van der Waals surface area contributed by atoms with E-state index < -0.39 is 5.82 Å². The van der Waals surface area contributed by atoms with Gasteiger partial charge < -0.3 is 10.5 Å². The first-order chi connectivity index (χ1) is 6.61. The zero-order valence-corrected chi connectivity index (χ0v) is 8.44. The van der Waals surface area contributed by atoms with E-state index in [9.17, 15) is 9.18 Å². The third-order valence-electron chi connectivity index (χ3n) is 1.48. The number of benzene rings is 1. The molecule has 0 saturated carbocycles. The topological polar surface area (TPSA) is 52.3 Å². The van der Waals surface area contributed by atoms with E-state index in [1.54, 1.807) is 6.07 Å². The van der Waals surface area contributed by atoms with Crippen molar-refractivity contribution in [3.8, 4) is 0 Å². The Hall–Kier alpha value is -1.23. The van der Waals surface area contributed by atoms with Crippen molar-refractivity contribution < 1.29 is 13.9 Å². The molecule has 1 rings (SSSR count). The Bertz CT molecular complexity index is 323. The van der Waals surface area contributed by atoms with E-state index >= 15 is 0 Å². The quantitative estimate of drug-likeness (QED) is 0.473. The lowest BCUT2D eigenvalue weighted by Gasteiger charge is -2.02. The minimum atomic E-state index is -0.405. The van der Waals surface area contributed by atoms with Crippen LogP contribution in [0.15, 0.2) is 23.1 Å². The molecule has 0 unspecified atom stereocenters. The SMILES string of the molecule is COC(=O)CSc1cc(N)cc(F)c1. The van der Waals surface area contributed by atoms with E-state index in [4.69, 9.17) is 5.73 Å². The number of nitrogens with two attached hydrogens (primary N) is 1. The van der Waals surface area contributed by atoms with Crippen molar-refractivity contribution in [2.75, 3.05) is 18.6 Å². The van der Waals surface area contributed by atoms with E-state index in [-0.39, 0.29) is 11.7 Å². The average molecular weight is 215 g/mol. The summed E-state index contributed by atoms with van der Waals surface area (Å²) in [6.45, 7) is 0. The third kappa shape index (κ3) is 3.26. The molecule has 0 bridgehead atoms. The standard InChI is InChI=1S/C9H10FNO2S/c1-13-9(12)5-14-8-3-6(10)2-7(11)4-8/h2-4H,5,11H2,1H3. The molecule has 14 heavy (non-hydrogen) atoms. The molecule has 0 aliphatic carbocycles. The van der Waals surface area contributed by atoms with Crippen LogP contribution in [0.25, 0.3) is 0 Å². The Morgan fingerprint density at radius 2 is 2.29 bits per heavy atom. The van der Waals surface area contributed by atoms with Gasteiger partial charge in [-0.05, 0) is 18.2 Å². The van der Waals surface area contributed by atoms with Crippen LogP contribution in [0.3, 0.4) is 0 Å². The second-order valence-corrected chi connectivity index (χ2v) is 3.63. The van der Waals surface area contributed by atoms with E-state index in [0.717, 1.165) is 0 Å². The first kappa shape index (κ1) is 10.8. The molecule has 3 nitrogen and oxygen atoms in total. The minimum absolute atomic E-state index is 0.152. The zero-order valence-electron chi connectivity index (χ0n) is 7.62. The fraction of sp³-hybridized carbons (Fsp3) is 0.222. The van der Waals surface area contributed by atoms with Gasteiger partial charge in [0.05, 0.1) is 12.9 Å². The van der Waals surface area contributed by atoms with Crippen LogP contribution in [-0.2, 0) is 9.53 Å². The Balaban J connectivity index is 2.63. The number of hydrogen-bond acceptors (Lipinski definition) is 4. The van der Waals surface area contributed by atoms with Crippen molar-refractivity contribution in [2.24, 2.45) is 0 Å². The highest BCUT2D eigenvalue weighted by atomic mass is 32.2. The normalized spacial score (nSPS) is 9.86. The first-order valence-corrected chi connectivity index (χ1v) is 4.86. The molecular weight excluding hydrogens is 205 g/mol. The number of methoxy groups -OCH3 is 1. The van der Waals surface area contributed by atoms with Crippen molar-refractivity contribution in [2.45, 2.75) is 4.90 Å². The van der Waals surface area contributed by atoms with Gasteiger partial charge in [-0.2, -0.15) is 0 Å². The summed E-state index contributed by atoms with van der Waals surface area (Å²) in [5.41, 5.74) is 5.77. The number of nitrogen functional groups attached to an aromatic ring is 1. The summed E-state index contributed by atoms with van der Waals surface area (Å²) in [6.07, 6.45) is 0. The van der Waals surface area contributed by atoms with Crippen LogP contribution in [0.4, 0.5) is 10.1 Å². The van der Waals surface area contributed by atoms with Crippen molar-refractivity contribution in [1.29, 1.82) is 0 Å². The molecule has 0 atom stereocenters. The number of ether oxygens (including phenoxy) is 1. The summed E-state index contributed by atoms with van der Waals surface area (Å²) in [7, 11) is 1.31. The summed E-state index contributed by atoms with van der Waals surface area (Å²) >= 11 is 1.19. The van der Waals surface area contributed by atoms with E-state index in [1.165, 1.54) is 31.0 Å². The van der Waals surface area contributed by atoms with Gasteiger partial charge in [0.25, 0.3) is 0 Å². The molecule has 0 aliphatic heterocycles. The van der Waals surface area contributed by atoms with Crippen LogP contribution in [0.2, 0.25) is 0 Å². The number of anilines is 1. The molecule has 5 heteroatoms. The third-order valence-corrected chi connectivity index (χ3v) is 2.43. The summed E-state index contributed by atoms with van der Waals surface area (Å²) in [5, 5.41) is 0. The van der Waals surface area contributed by atoms with Crippen LogP contribution in [0.1, 0.15) is 0 Å². The number of hydrogen-bond donors (Lipinski definition) is 1. The predicted octanol–water partition coefficient (Wildman–Crippen LogP) is 1.67. The van der Waals surface area contributed by atoms with Gasteiger partial charge in [0, 0.05) is 10.6 Å². The molecule has 2 N–H and O–H groups in total. The maximum Gasteiger partial charge on any atom is 0.315 e. The number of esters is 1. The Labute approximate surface area is 85.4 Å². The maximum absolute atomic E-state index is 12.8. The number of carbonyl (C=O) groups excluding carboxylic acids is 1. The zero-order chi connectivity index (χ0) is 10.6. The van der Waals surface area contributed by atoms with Gasteiger partial charge in [-0.25, -0.2) is 4.39 Å². The molecular formula is C9H10FNO2S. The number of carbonyl (C=O) groups is 1. The molecule has 0 aromatic heterocycles. The summed E-state index contributed by atoms with van der Waals surface area (Å²) in [6, 6.07) is 4.16. The lowest BCUT2D eigenvalue weighted by atomic mass is 10.3. The predicted molar refractivity (Wildman–Crippen MR) is 53.6 cm³/mol. The van der Waals surface area contributed by atoms with Crippen LogP contribution < -0.4 is 5.73 Å². The van der Waals surface area contributed by atoms with E-state index in [2.05, 4.69) is 4.74 Å². The van der Waals surface area contributed by atoms with Gasteiger partial charge in [-0.1, -0.05) is 0 Å². The first-order valence-electron chi connectivity index (χ1n) is 3.87. The minimum Gasteiger partial charge on any atom is -0.468 e. The highest BCUT2D eigenvalue weighted by molar-refractivity contribution is 8.00. The Morgan fingerprint density at radius 3 is 2.86 bits per heavy atom. The van der Waals surface area contributed by atoms with Crippen molar-refractivity contribution in [1.82, 2.24) is 0 Å². The number of rotatable bonds is 3. The van der Waals surface area contributed by atoms with Gasteiger partial charge in [-0.15, -0.1) is 11.8 Å². The second kappa shape index (κ2) is 4.85. The largest absolute Gasteiger partial charge is 0.468 e.